The van der Waals surface area contributed by atoms with Crippen LogP contribution in [0.1, 0.15) is 27.7 Å². The number of hydrogen-bond acceptors (Lipinski definition) is 2. The molecule has 0 rings (SSSR count). The number of carbonyl (C=O) groups is 1. The molecule has 0 saturated carbocycles. The number of halogens is 1. The first-order chi connectivity index (χ1) is 6.95. The van der Waals surface area contributed by atoms with Crippen LogP contribution in [0, 0.1) is 0 Å². The number of alkyl halides is 1. The van der Waals surface area contributed by atoms with Crippen LogP contribution in [0.5, 0.6) is 0 Å². The van der Waals surface area contributed by atoms with Crippen molar-refractivity contribution in [2.75, 3.05) is 19.0 Å². The number of likely N-dealkylation sites (N-methyl/N-ethyl adjacent to an activating group) is 1. The molecular weight excluding hydrogens is 212 g/mol. The first kappa shape index (κ1) is 16.9. The Bertz CT molecular complexity index is 191. The minimum Gasteiger partial charge on any atom is -0.366 e. The molecule has 0 aliphatic carbocycles. The fraction of sp³-hybridized carbons (Fsp3) is 0.727. The first-order valence-corrected chi connectivity index (χ1v) is 5.78. The Hall–Kier alpha value is -0.540. The molecule has 90 valence electrons. The Balaban J connectivity index is 0. The summed E-state index contributed by atoms with van der Waals surface area (Å²) in [5.74, 6) is 0.314. The summed E-state index contributed by atoms with van der Waals surface area (Å²) in [5.41, 5.74) is 5.60. The van der Waals surface area contributed by atoms with E-state index in [1.54, 1.807) is 0 Å². The number of rotatable bonds is 5. The molecule has 0 bridgehead atoms. The van der Waals surface area contributed by atoms with E-state index in [0.29, 0.717) is 5.57 Å². The molecule has 0 radical (unpaired) electrons. The second-order valence-corrected chi connectivity index (χ2v) is 3.59. The van der Waals surface area contributed by atoms with Crippen molar-refractivity contribution in [3.8, 4) is 0 Å². The van der Waals surface area contributed by atoms with E-state index < -0.39 is 5.91 Å². The Morgan fingerprint density at radius 3 is 1.93 bits per heavy atom. The van der Waals surface area contributed by atoms with Crippen molar-refractivity contribution < 1.29 is 4.79 Å². The zero-order valence-corrected chi connectivity index (χ0v) is 11.0. The normalized spacial score (nSPS) is 11.6. The summed E-state index contributed by atoms with van der Waals surface area (Å²) in [4.78, 5) is 12.9. The molecule has 0 aromatic heterocycles. The van der Waals surface area contributed by atoms with Gasteiger partial charge >= 0.3 is 0 Å². The molecule has 1 atom stereocenters. The Kier molecular flexibility index (Phi) is 11.2. The van der Waals surface area contributed by atoms with Gasteiger partial charge in [-0.05, 0) is 20.0 Å². The molecule has 0 saturated heterocycles. The van der Waals surface area contributed by atoms with E-state index in [1.807, 2.05) is 27.7 Å². The van der Waals surface area contributed by atoms with E-state index in [9.17, 15) is 4.79 Å². The SMILES string of the molecule is C=C(C(N)=O)C(C)N(CC)CC.CCCl. The van der Waals surface area contributed by atoms with Crippen molar-refractivity contribution in [2.24, 2.45) is 5.73 Å². The fourth-order valence-electron chi connectivity index (χ4n) is 1.20. The van der Waals surface area contributed by atoms with Gasteiger partial charge in [0.25, 0.3) is 0 Å². The van der Waals surface area contributed by atoms with Crippen LogP contribution < -0.4 is 5.73 Å². The van der Waals surface area contributed by atoms with Gasteiger partial charge in [-0.1, -0.05) is 27.4 Å². The summed E-state index contributed by atoms with van der Waals surface area (Å²) in [6, 6.07) is 0.0532. The van der Waals surface area contributed by atoms with E-state index in [-0.39, 0.29) is 6.04 Å². The smallest absolute Gasteiger partial charge is 0.245 e. The Morgan fingerprint density at radius 2 is 1.73 bits per heavy atom. The Labute approximate surface area is 98.3 Å². The van der Waals surface area contributed by atoms with E-state index >= 15 is 0 Å². The highest BCUT2D eigenvalue weighted by atomic mass is 35.5. The van der Waals surface area contributed by atoms with Crippen LogP contribution in [0.2, 0.25) is 0 Å². The van der Waals surface area contributed by atoms with Crippen LogP contribution in [0.25, 0.3) is 0 Å². The molecule has 15 heavy (non-hydrogen) atoms. The molecule has 0 fully saturated rings. The van der Waals surface area contributed by atoms with Crippen LogP contribution in [-0.2, 0) is 4.79 Å². The lowest BCUT2D eigenvalue weighted by atomic mass is 10.1. The molecular formula is C11H23ClN2O. The van der Waals surface area contributed by atoms with Gasteiger partial charge in [-0.15, -0.1) is 11.6 Å². The van der Waals surface area contributed by atoms with Crippen molar-refractivity contribution in [3.05, 3.63) is 12.2 Å². The van der Waals surface area contributed by atoms with E-state index in [0.717, 1.165) is 19.0 Å². The predicted molar refractivity (Wildman–Crippen MR) is 67.1 cm³/mol. The summed E-state index contributed by atoms with van der Waals surface area (Å²) in [5, 5.41) is 0. The number of nitrogens with two attached hydrogens (primary N) is 1. The Morgan fingerprint density at radius 1 is 1.40 bits per heavy atom. The number of carbonyl (C=O) groups excluding carboxylic acids is 1. The fourth-order valence-corrected chi connectivity index (χ4v) is 1.20. The topological polar surface area (TPSA) is 46.3 Å². The highest BCUT2D eigenvalue weighted by molar-refractivity contribution is 6.17. The van der Waals surface area contributed by atoms with Gasteiger partial charge in [-0.2, -0.15) is 0 Å². The highest BCUT2D eigenvalue weighted by Gasteiger charge is 2.16. The monoisotopic (exact) mass is 234 g/mol. The molecule has 1 amide bonds. The first-order valence-electron chi connectivity index (χ1n) is 5.24. The summed E-state index contributed by atoms with van der Waals surface area (Å²) >= 11 is 5.00. The summed E-state index contributed by atoms with van der Waals surface area (Å²) in [6.45, 7) is 13.4. The minimum absolute atomic E-state index is 0.0532. The number of nitrogens with zero attached hydrogens (tertiary/aromatic N) is 1. The summed E-state index contributed by atoms with van der Waals surface area (Å²) in [6.07, 6.45) is 0. The maximum absolute atomic E-state index is 10.8. The van der Waals surface area contributed by atoms with Gasteiger partial charge in [0.1, 0.15) is 0 Å². The lowest BCUT2D eigenvalue weighted by Crippen LogP contribution is -2.37. The number of amides is 1. The standard InChI is InChI=1S/C9H18N2O.C2H5Cl/c1-5-11(6-2)8(4)7(3)9(10)12;1-2-3/h8H,3,5-6H2,1-2,4H3,(H2,10,12);2H2,1H3. The molecule has 2 N–H and O–H groups in total. The average molecular weight is 235 g/mol. The lowest BCUT2D eigenvalue weighted by molar-refractivity contribution is -0.115. The quantitative estimate of drug-likeness (QED) is 0.584. The highest BCUT2D eigenvalue weighted by Crippen LogP contribution is 2.06. The van der Waals surface area contributed by atoms with Crippen molar-refractivity contribution in [3.63, 3.8) is 0 Å². The van der Waals surface area contributed by atoms with Crippen LogP contribution in [-0.4, -0.2) is 35.8 Å². The lowest BCUT2D eigenvalue weighted by Gasteiger charge is -2.26. The molecule has 4 heteroatoms. The van der Waals surface area contributed by atoms with E-state index in [4.69, 9.17) is 17.3 Å². The molecule has 0 aliphatic heterocycles. The maximum atomic E-state index is 10.8. The van der Waals surface area contributed by atoms with Gasteiger partial charge in [0, 0.05) is 17.5 Å². The summed E-state index contributed by atoms with van der Waals surface area (Å²) in [7, 11) is 0. The van der Waals surface area contributed by atoms with Crippen LogP contribution in [0.4, 0.5) is 0 Å². The zero-order chi connectivity index (χ0) is 12.4. The van der Waals surface area contributed by atoms with Gasteiger partial charge in [-0.3, -0.25) is 9.69 Å². The molecule has 0 aromatic rings. The third-order valence-electron chi connectivity index (χ3n) is 2.18. The van der Waals surface area contributed by atoms with Crippen LogP contribution >= 0.6 is 11.6 Å². The third-order valence-corrected chi connectivity index (χ3v) is 2.18. The summed E-state index contributed by atoms with van der Waals surface area (Å²) < 4.78 is 0. The minimum atomic E-state index is -0.408. The van der Waals surface area contributed by atoms with Crippen molar-refractivity contribution in [1.29, 1.82) is 0 Å². The van der Waals surface area contributed by atoms with Gasteiger partial charge in [0.2, 0.25) is 5.91 Å². The van der Waals surface area contributed by atoms with E-state index in [1.165, 1.54) is 0 Å². The van der Waals surface area contributed by atoms with E-state index in [2.05, 4.69) is 11.5 Å². The average Bonchev–Trinajstić information content (AvgIpc) is 2.19. The second kappa shape index (κ2) is 9.99. The van der Waals surface area contributed by atoms with Crippen LogP contribution in [0.15, 0.2) is 12.2 Å². The molecule has 3 nitrogen and oxygen atoms in total. The number of hydrogen-bond donors (Lipinski definition) is 1. The molecule has 0 aromatic carbocycles. The maximum Gasteiger partial charge on any atom is 0.245 e. The van der Waals surface area contributed by atoms with Crippen molar-refractivity contribution >= 4 is 17.5 Å². The third kappa shape index (κ3) is 7.40. The number of primary amides is 1. The zero-order valence-electron chi connectivity index (χ0n) is 10.2. The molecule has 0 spiro atoms. The van der Waals surface area contributed by atoms with Crippen molar-refractivity contribution in [1.82, 2.24) is 4.90 Å². The van der Waals surface area contributed by atoms with Crippen LogP contribution in [0.3, 0.4) is 0 Å². The molecule has 0 heterocycles. The van der Waals surface area contributed by atoms with Gasteiger partial charge in [0.15, 0.2) is 0 Å². The molecule has 1 unspecified atom stereocenters. The van der Waals surface area contributed by atoms with Gasteiger partial charge in [0.05, 0.1) is 0 Å². The van der Waals surface area contributed by atoms with Gasteiger partial charge in [-0.25, -0.2) is 0 Å². The second-order valence-electron chi connectivity index (χ2n) is 3.05. The largest absolute Gasteiger partial charge is 0.366 e. The van der Waals surface area contributed by atoms with Crippen molar-refractivity contribution in [2.45, 2.75) is 33.7 Å². The predicted octanol–water partition coefficient (Wildman–Crippen LogP) is 2.00. The molecule has 0 aliphatic rings. The van der Waals surface area contributed by atoms with Gasteiger partial charge < -0.3 is 5.73 Å².